The Morgan fingerprint density at radius 2 is 2.10 bits per heavy atom. The molecule has 0 aliphatic heterocycles. The first-order valence-electron chi connectivity index (χ1n) is 6.20. The highest BCUT2D eigenvalue weighted by Crippen LogP contribution is 2.30. The van der Waals surface area contributed by atoms with Crippen molar-refractivity contribution in [2.24, 2.45) is 0 Å². The molecule has 112 valence electrons. The highest BCUT2D eigenvalue weighted by Gasteiger charge is 2.20. The van der Waals surface area contributed by atoms with Gasteiger partial charge in [-0.15, -0.1) is 11.3 Å². The zero-order valence-corrected chi connectivity index (χ0v) is 15.1. The number of nitrogens with zero attached hydrogens (tertiary/aromatic N) is 1. The maximum absolute atomic E-state index is 12.6. The first-order valence-corrected chi connectivity index (χ1v) is 8.57. The van der Waals surface area contributed by atoms with Crippen molar-refractivity contribution >= 4 is 62.1 Å². The predicted molar refractivity (Wildman–Crippen MR) is 93.3 cm³/mol. The number of hydrogen-bond acceptors (Lipinski definition) is 3. The lowest BCUT2D eigenvalue weighted by atomic mass is 10.1. The van der Waals surface area contributed by atoms with Crippen LogP contribution in [-0.2, 0) is 6.54 Å². The largest absolute Gasteiger partial charge is 0.399 e. The summed E-state index contributed by atoms with van der Waals surface area (Å²) < 4.78 is 1.03. The van der Waals surface area contributed by atoms with Gasteiger partial charge in [0, 0.05) is 17.1 Å². The van der Waals surface area contributed by atoms with Crippen LogP contribution in [-0.4, -0.2) is 17.4 Å². The van der Waals surface area contributed by atoms with E-state index in [4.69, 9.17) is 28.9 Å². The molecule has 0 unspecified atom stereocenters. The third-order valence-electron chi connectivity index (χ3n) is 2.93. The summed E-state index contributed by atoms with van der Waals surface area (Å²) in [6.07, 6.45) is 0. The van der Waals surface area contributed by atoms with E-state index < -0.39 is 0 Å². The second-order valence-electron chi connectivity index (χ2n) is 4.39. The molecule has 0 fully saturated rings. The van der Waals surface area contributed by atoms with E-state index in [1.807, 2.05) is 19.1 Å². The van der Waals surface area contributed by atoms with Crippen molar-refractivity contribution in [2.45, 2.75) is 13.5 Å². The summed E-state index contributed by atoms with van der Waals surface area (Å²) in [6, 6.07) is 7.04. The van der Waals surface area contributed by atoms with Gasteiger partial charge in [0.15, 0.2) is 0 Å². The van der Waals surface area contributed by atoms with Crippen LogP contribution in [0.1, 0.15) is 22.2 Å². The number of halogens is 3. The summed E-state index contributed by atoms with van der Waals surface area (Å²) in [5, 5.41) is 0.525. The first-order chi connectivity index (χ1) is 9.92. The molecule has 3 nitrogen and oxygen atoms in total. The van der Waals surface area contributed by atoms with Gasteiger partial charge < -0.3 is 10.6 Å². The van der Waals surface area contributed by atoms with Crippen LogP contribution in [0.15, 0.2) is 28.1 Å². The van der Waals surface area contributed by atoms with Gasteiger partial charge in [0.2, 0.25) is 0 Å². The molecule has 2 N–H and O–H groups in total. The molecule has 1 heterocycles. The molecular formula is C14H13BrCl2N2OS. The zero-order chi connectivity index (χ0) is 15.6. The Kier molecular flexibility index (Phi) is 5.54. The minimum absolute atomic E-state index is 0.179. The van der Waals surface area contributed by atoms with Gasteiger partial charge in [-0.3, -0.25) is 4.79 Å². The van der Waals surface area contributed by atoms with Gasteiger partial charge in [0.05, 0.1) is 25.9 Å². The number of rotatable bonds is 4. The number of benzene rings is 1. The summed E-state index contributed by atoms with van der Waals surface area (Å²) in [4.78, 5) is 15.4. The second-order valence-corrected chi connectivity index (χ2v) is 7.72. The number of nitrogen functional groups attached to an aromatic ring is 1. The molecule has 0 bridgehead atoms. The highest BCUT2D eigenvalue weighted by atomic mass is 79.9. The normalized spacial score (nSPS) is 10.7. The van der Waals surface area contributed by atoms with E-state index in [0.29, 0.717) is 24.3 Å². The van der Waals surface area contributed by atoms with E-state index in [2.05, 4.69) is 15.9 Å². The Hall–Kier alpha value is -0.750. The Morgan fingerprint density at radius 3 is 2.67 bits per heavy atom. The average Bonchev–Trinajstić information content (AvgIpc) is 2.85. The number of amides is 1. The summed E-state index contributed by atoms with van der Waals surface area (Å²) in [7, 11) is 0. The molecule has 7 heteroatoms. The summed E-state index contributed by atoms with van der Waals surface area (Å²) in [6.45, 7) is 3.01. The molecule has 0 aliphatic rings. The third-order valence-corrected chi connectivity index (χ3v) is 5.34. The lowest BCUT2D eigenvalue weighted by molar-refractivity contribution is 0.0754. The molecule has 0 saturated carbocycles. The monoisotopic (exact) mass is 406 g/mol. The van der Waals surface area contributed by atoms with Gasteiger partial charge in [0.25, 0.3) is 5.91 Å². The van der Waals surface area contributed by atoms with E-state index in [-0.39, 0.29) is 16.0 Å². The quantitative estimate of drug-likeness (QED) is 0.719. The van der Waals surface area contributed by atoms with Gasteiger partial charge >= 0.3 is 0 Å². The van der Waals surface area contributed by atoms with E-state index in [1.165, 1.54) is 6.07 Å². The van der Waals surface area contributed by atoms with Gasteiger partial charge in [-0.1, -0.05) is 23.2 Å². The molecule has 2 rings (SSSR count). The molecule has 1 amide bonds. The molecular weight excluding hydrogens is 395 g/mol. The highest BCUT2D eigenvalue weighted by molar-refractivity contribution is 9.11. The van der Waals surface area contributed by atoms with Crippen LogP contribution in [0.5, 0.6) is 0 Å². The minimum Gasteiger partial charge on any atom is -0.399 e. The fourth-order valence-electron chi connectivity index (χ4n) is 1.89. The van der Waals surface area contributed by atoms with Crippen molar-refractivity contribution in [3.8, 4) is 0 Å². The maximum Gasteiger partial charge on any atom is 0.255 e. The number of anilines is 1. The second kappa shape index (κ2) is 7.01. The SMILES string of the molecule is CCN(Cc1ccc(Br)s1)C(=O)c1cc(N)cc(Cl)c1Cl. The van der Waals surface area contributed by atoms with Crippen molar-refractivity contribution in [1.82, 2.24) is 4.90 Å². The van der Waals surface area contributed by atoms with Crippen LogP contribution in [0.4, 0.5) is 5.69 Å². The lowest BCUT2D eigenvalue weighted by Gasteiger charge is -2.21. The van der Waals surface area contributed by atoms with E-state index >= 15 is 0 Å². The smallest absolute Gasteiger partial charge is 0.255 e. The van der Waals surface area contributed by atoms with Gasteiger partial charge in [-0.2, -0.15) is 0 Å². The Labute approximate surface area is 145 Å². The maximum atomic E-state index is 12.6. The molecule has 1 aromatic carbocycles. The number of carbonyl (C=O) groups is 1. The van der Waals surface area contributed by atoms with E-state index in [9.17, 15) is 4.79 Å². The molecule has 0 atom stereocenters. The van der Waals surface area contributed by atoms with Crippen molar-refractivity contribution < 1.29 is 4.79 Å². The number of carbonyl (C=O) groups excluding carboxylic acids is 1. The Balaban J connectivity index is 2.28. The van der Waals surface area contributed by atoms with E-state index in [1.54, 1.807) is 22.3 Å². The van der Waals surface area contributed by atoms with Crippen molar-refractivity contribution in [3.05, 3.63) is 48.5 Å². The molecule has 0 aliphatic carbocycles. The first kappa shape index (κ1) is 16.6. The molecule has 2 aromatic rings. The minimum atomic E-state index is -0.179. The molecule has 0 saturated heterocycles. The topological polar surface area (TPSA) is 46.3 Å². The Bertz CT molecular complexity index is 675. The van der Waals surface area contributed by atoms with Crippen LogP contribution in [0.3, 0.4) is 0 Å². The fraction of sp³-hybridized carbons (Fsp3) is 0.214. The standard InChI is InChI=1S/C14H13BrCl2N2OS/c1-2-19(7-9-3-4-12(15)21-9)14(20)10-5-8(18)6-11(16)13(10)17/h3-6H,2,7,18H2,1H3. The lowest BCUT2D eigenvalue weighted by Crippen LogP contribution is -2.30. The fourth-order valence-corrected chi connectivity index (χ4v) is 3.80. The van der Waals surface area contributed by atoms with Gasteiger partial charge in [-0.05, 0) is 47.1 Å². The van der Waals surface area contributed by atoms with Crippen LogP contribution >= 0.6 is 50.5 Å². The summed E-state index contributed by atoms with van der Waals surface area (Å²) in [5.74, 6) is -0.179. The number of nitrogens with two attached hydrogens (primary N) is 1. The van der Waals surface area contributed by atoms with Crippen molar-refractivity contribution in [2.75, 3.05) is 12.3 Å². The molecule has 0 spiro atoms. The van der Waals surface area contributed by atoms with Crippen LogP contribution < -0.4 is 5.73 Å². The van der Waals surface area contributed by atoms with Gasteiger partial charge in [-0.25, -0.2) is 0 Å². The zero-order valence-electron chi connectivity index (χ0n) is 11.2. The third kappa shape index (κ3) is 3.92. The average molecular weight is 408 g/mol. The summed E-state index contributed by atoms with van der Waals surface area (Å²) in [5.41, 5.74) is 6.50. The molecule has 21 heavy (non-hydrogen) atoms. The number of thiophene rings is 1. The molecule has 0 radical (unpaired) electrons. The van der Waals surface area contributed by atoms with Crippen molar-refractivity contribution in [1.29, 1.82) is 0 Å². The van der Waals surface area contributed by atoms with Crippen LogP contribution in [0, 0.1) is 0 Å². The van der Waals surface area contributed by atoms with Crippen LogP contribution in [0.2, 0.25) is 10.0 Å². The van der Waals surface area contributed by atoms with E-state index in [0.717, 1.165) is 8.66 Å². The van der Waals surface area contributed by atoms with Gasteiger partial charge in [0.1, 0.15) is 0 Å². The number of hydrogen-bond donors (Lipinski definition) is 1. The summed E-state index contributed by atoms with van der Waals surface area (Å²) >= 11 is 17.1. The van der Waals surface area contributed by atoms with Crippen LogP contribution in [0.25, 0.3) is 0 Å². The molecule has 1 aromatic heterocycles. The Morgan fingerprint density at radius 1 is 1.38 bits per heavy atom. The predicted octanol–water partition coefficient (Wildman–Crippen LogP) is 5.06. The van der Waals surface area contributed by atoms with Crippen molar-refractivity contribution in [3.63, 3.8) is 0 Å².